The minimum atomic E-state index is -0.518. The second kappa shape index (κ2) is 6.19. The van der Waals surface area contributed by atoms with E-state index in [0.717, 1.165) is 16.3 Å². The number of thiazole rings is 1. The molecule has 0 amide bonds. The summed E-state index contributed by atoms with van der Waals surface area (Å²) in [5.74, 6) is 0.168. The van der Waals surface area contributed by atoms with Gasteiger partial charge in [0, 0.05) is 5.38 Å². The monoisotopic (exact) mass is 359 g/mol. The summed E-state index contributed by atoms with van der Waals surface area (Å²) in [7, 11) is 0. The van der Waals surface area contributed by atoms with Gasteiger partial charge >= 0.3 is 5.97 Å². The van der Waals surface area contributed by atoms with E-state index < -0.39 is 5.97 Å². The van der Waals surface area contributed by atoms with Crippen molar-refractivity contribution in [2.24, 2.45) is 0 Å². The van der Waals surface area contributed by atoms with Crippen molar-refractivity contribution in [2.75, 3.05) is 0 Å². The minimum Gasteiger partial charge on any atom is -0.462 e. The number of thiophene rings is 1. The SMILES string of the molecule is O=C(OCc1csc(-c2ccco2)n1)c1cc(Cl)sc1Cl. The Kier molecular flexibility index (Phi) is 4.30. The Morgan fingerprint density at radius 2 is 2.29 bits per heavy atom. The molecule has 4 nitrogen and oxygen atoms in total. The lowest BCUT2D eigenvalue weighted by Gasteiger charge is -2.01. The number of carbonyl (C=O) groups is 1. The molecule has 8 heteroatoms. The molecule has 0 aliphatic carbocycles. The zero-order chi connectivity index (χ0) is 14.8. The van der Waals surface area contributed by atoms with Crippen LogP contribution in [0.1, 0.15) is 16.1 Å². The van der Waals surface area contributed by atoms with Gasteiger partial charge in [-0.2, -0.15) is 0 Å². The van der Waals surface area contributed by atoms with Crippen LogP contribution in [0, 0.1) is 0 Å². The molecule has 0 saturated carbocycles. The third-order valence-electron chi connectivity index (χ3n) is 2.51. The van der Waals surface area contributed by atoms with E-state index in [-0.39, 0.29) is 12.2 Å². The van der Waals surface area contributed by atoms with E-state index in [0.29, 0.717) is 20.1 Å². The van der Waals surface area contributed by atoms with Gasteiger partial charge in [0.1, 0.15) is 10.9 Å². The molecule has 3 rings (SSSR count). The van der Waals surface area contributed by atoms with Crippen LogP contribution in [0.2, 0.25) is 8.67 Å². The topological polar surface area (TPSA) is 52.3 Å². The van der Waals surface area contributed by atoms with Crippen LogP contribution >= 0.6 is 45.9 Å². The van der Waals surface area contributed by atoms with E-state index in [2.05, 4.69) is 4.98 Å². The van der Waals surface area contributed by atoms with Crippen LogP contribution in [0.3, 0.4) is 0 Å². The van der Waals surface area contributed by atoms with Gasteiger partial charge in [0.25, 0.3) is 0 Å². The predicted octanol–water partition coefficient (Wildman–Crippen LogP) is 5.13. The summed E-state index contributed by atoms with van der Waals surface area (Å²) in [5, 5.41) is 2.55. The van der Waals surface area contributed by atoms with E-state index in [1.54, 1.807) is 12.3 Å². The zero-order valence-corrected chi connectivity index (χ0v) is 13.5. The number of ether oxygens (including phenoxy) is 1. The summed E-state index contributed by atoms with van der Waals surface area (Å²) < 4.78 is 11.2. The van der Waals surface area contributed by atoms with Gasteiger partial charge in [0.15, 0.2) is 10.8 Å². The van der Waals surface area contributed by atoms with Crippen molar-refractivity contribution < 1.29 is 13.9 Å². The normalized spacial score (nSPS) is 10.8. The molecule has 0 atom stereocenters. The summed E-state index contributed by atoms with van der Waals surface area (Å²) in [6, 6.07) is 5.10. The first kappa shape index (κ1) is 14.6. The predicted molar refractivity (Wildman–Crippen MR) is 83.3 cm³/mol. The van der Waals surface area contributed by atoms with Crippen LogP contribution in [0.15, 0.2) is 34.3 Å². The molecule has 0 unspecified atom stereocenters. The van der Waals surface area contributed by atoms with Crippen molar-refractivity contribution in [1.82, 2.24) is 4.98 Å². The molecule has 0 bridgehead atoms. The van der Waals surface area contributed by atoms with Crippen molar-refractivity contribution in [3.05, 3.63) is 49.8 Å². The molecular formula is C13H7Cl2NO3S2. The maximum atomic E-state index is 11.9. The van der Waals surface area contributed by atoms with Crippen LogP contribution in [0.5, 0.6) is 0 Å². The molecule has 0 saturated heterocycles. The number of furan rings is 1. The fourth-order valence-corrected chi connectivity index (χ4v) is 3.79. The molecule has 3 heterocycles. The van der Waals surface area contributed by atoms with Crippen LogP contribution in [0.25, 0.3) is 10.8 Å². The van der Waals surface area contributed by atoms with E-state index in [4.69, 9.17) is 32.4 Å². The lowest BCUT2D eigenvalue weighted by atomic mass is 10.3. The Balaban J connectivity index is 1.65. The van der Waals surface area contributed by atoms with Gasteiger partial charge in [0.2, 0.25) is 0 Å². The molecule has 0 N–H and O–H groups in total. The van der Waals surface area contributed by atoms with E-state index >= 15 is 0 Å². The molecule has 0 aliphatic rings. The first-order valence-corrected chi connectivity index (χ1v) is 8.19. The maximum absolute atomic E-state index is 11.9. The fraction of sp³-hybridized carbons (Fsp3) is 0.0769. The summed E-state index contributed by atoms with van der Waals surface area (Å²) >= 11 is 14.2. The number of carbonyl (C=O) groups excluding carboxylic acids is 1. The lowest BCUT2D eigenvalue weighted by molar-refractivity contribution is 0.0469. The molecule has 0 radical (unpaired) electrons. The molecule has 3 aromatic heterocycles. The van der Waals surface area contributed by atoms with E-state index in [1.807, 2.05) is 11.4 Å². The Hall–Kier alpha value is -1.34. The molecule has 21 heavy (non-hydrogen) atoms. The van der Waals surface area contributed by atoms with Crippen molar-refractivity contribution in [3.8, 4) is 10.8 Å². The molecular weight excluding hydrogens is 353 g/mol. The van der Waals surface area contributed by atoms with Crippen molar-refractivity contribution in [1.29, 1.82) is 0 Å². The summed E-state index contributed by atoms with van der Waals surface area (Å²) in [6.07, 6.45) is 1.58. The van der Waals surface area contributed by atoms with Crippen molar-refractivity contribution in [2.45, 2.75) is 6.61 Å². The highest BCUT2D eigenvalue weighted by molar-refractivity contribution is 7.20. The molecule has 0 aliphatic heterocycles. The molecule has 0 fully saturated rings. The Labute approximate surface area is 137 Å². The standard InChI is InChI=1S/C13H7Cl2NO3S2/c14-10-4-8(11(15)21-10)13(17)19-5-7-6-20-12(16-7)9-2-1-3-18-9/h1-4,6H,5H2. The average Bonchev–Trinajstić information content (AvgIpc) is 3.15. The largest absolute Gasteiger partial charge is 0.462 e. The van der Waals surface area contributed by atoms with Crippen molar-refractivity contribution >= 4 is 51.8 Å². The highest BCUT2D eigenvalue weighted by Gasteiger charge is 2.16. The number of hydrogen-bond acceptors (Lipinski definition) is 6. The number of esters is 1. The Morgan fingerprint density at radius 3 is 2.95 bits per heavy atom. The number of hydrogen-bond donors (Lipinski definition) is 0. The van der Waals surface area contributed by atoms with Crippen LogP contribution in [-0.2, 0) is 11.3 Å². The van der Waals surface area contributed by atoms with Gasteiger partial charge in [0.05, 0.1) is 21.9 Å². The number of aromatic nitrogens is 1. The fourth-order valence-electron chi connectivity index (χ4n) is 1.58. The highest BCUT2D eigenvalue weighted by atomic mass is 35.5. The van der Waals surface area contributed by atoms with Gasteiger partial charge in [-0.15, -0.1) is 22.7 Å². The lowest BCUT2D eigenvalue weighted by Crippen LogP contribution is -2.04. The van der Waals surface area contributed by atoms with Gasteiger partial charge < -0.3 is 9.15 Å². The van der Waals surface area contributed by atoms with E-state index in [1.165, 1.54) is 17.4 Å². The zero-order valence-electron chi connectivity index (χ0n) is 10.3. The number of halogens is 2. The minimum absolute atomic E-state index is 0.0693. The summed E-state index contributed by atoms with van der Waals surface area (Å²) in [4.78, 5) is 16.2. The molecule has 3 aromatic rings. The third-order valence-corrected chi connectivity index (χ3v) is 4.90. The van der Waals surface area contributed by atoms with Gasteiger partial charge in [-0.25, -0.2) is 9.78 Å². The van der Waals surface area contributed by atoms with Crippen molar-refractivity contribution in [3.63, 3.8) is 0 Å². The van der Waals surface area contributed by atoms with Gasteiger partial charge in [-0.1, -0.05) is 23.2 Å². The third kappa shape index (κ3) is 3.29. The van der Waals surface area contributed by atoms with Gasteiger partial charge in [-0.05, 0) is 18.2 Å². The Morgan fingerprint density at radius 1 is 1.43 bits per heavy atom. The smallest absolute Gasteiger partial charge is 0.340 e. The summed E-state index contributed by atoms with van der Waals surface area (Å²) in [5.41, 5.74) is 0.922. The number of nitrogens with zero attached hydrogens (tertiary/aromatic N) is 1. The van der Waals surface area contributed by atoms with Crippen LogP contribution in [-0.4, -0.2) is 11.0 Å². The van der Waals surface area contributed by atoms with Crippen LogP contribution < -0.4 is 0 Å². The maximum Gasteiger partial charge on any atom is 0.340 e. The van der Waals surface area contributed by atoms with Gasteiger partial charge in [-0.3, -0.25) is 0 Å². The van der Waals surface area contributed by atoms with E-state index in [9.17, 15) is 4.79 Å². The highest BCUT2D eigenvalue weighted by Crippen LogP contribution is 2.32. The second-order valence-electron chi connectivity index (χ2n) is 3.94. The van der Waals surface area contributed by atoms with Crippen LogP contribution in [0.4, 0.5) is 0 Å². The molecule has 108 valence electrons. The quantitative estimate of drug-likeness (QED) is 0.606. The first-order valence-electron chi connectivity index (χ1n) is 5.73. The second-order valence-corrected chi connectivity index (χ2v) is 7.08. The summed E-state index contributed by atoms with van der Waals surface area (Å²) in [6.45, 7) is 0.0693. The first-order chi connectivity index (χ1) is 10.1. The number of rotatable bonds is 4. The Bertz CT molecular complexity index is 764. The molecule has 0 spiro atoms. The average molecular weight is 360 g/mol. The molecule has 0 aromatic carbocycles.